The predicted molar refractivity (Wildman–Crippen MR) is 111 cm³/mol. The van der Waals surface area contributed by atoms with Crippen LogP contribution in [0.1, 0.15) is 45.2 Å². The number of esters is 1. The molecule has 4 nitrogen and oxygen atoms in total. The molecule has 0 saturated carbocycles. The first-order valence-electron chi connectivity index (χ1n) is 9.47. The van der Waals surface area contributed by atoms with Crippen molar-refractivity contribution in [2.24, 2.45) is 5.41 Å². The molecule has 4 heteroatoms. The fraction of sp³-hybridized carbons (Fsp3) is 0.417. The number of carbonyl (C=O) groups excluding carboxylic acids is 2. The summed E-state index contributed by atoms with van der Waals surface area (Å²) in [7, 11) is 1.32. The van der Waals surface area contributed by atoms with Crippen LogP contribution in [0.5, 0.6) is 0 Å². The van der Waals surface area contributed by atoms with Crippen LogP contribution in [0, 0.1) is 12.3 Å². The van der Waals surface area contributed by atoms with Crippen molar-refractivity contribution in [1.82, 2.24) is 0 Å². The maximum absolute atomic E-state index is 12.9. The van der Waals surface area contributed by atoms with Gasteiger partial charge in [0, 0.05) is 29.9 Å². The lowest BCUT2D eigenvalue weighted by molar-refractivity contribution is -0.134. The summed E-state index contributed by atoms with van der Waals surface area (Å²) in [6.45, 7) is 9.40. The molecule has 0 saturated heterocycles. The van der Waals surface area contributed by atoms with Crippen LogP contribution < -0.4 is 0 Å². The summed E-state index contributed by atoms with van der Waals surface area (Å²) in [6, 6.07) is 8.06. The van der Waals surface area contributed by atoms with Crippen LogP contribution in [0.15, 0.2) is 59.2 Å². The summed E-state index contributed by atoms with van der Waals surface area (Å²) in [4.78, 5) is 24.3. The molecule has 0 radical (unpaired) electrons. The third-order valence-corrected chi connectivity index (χ3v) is 5.59. The zero-order chi connectivity index (χ0) is 21.1. The number of ketones is 1. The van der Waals surface area contributed by atoms with Gasteiger partial charge in [0.05, 0.1) is 7.11 Å². The lowest BCUT2D eigenvalue weighted by atomic mass is 9.62. The van der Waals surface area contributed by atoms with Crippen molar-refractivity contribution in [2.75, 3.05) is 7.11 Å². The normalized spacial score (nSPS) is 22.7. The minimum Gasteiger partial charge on any atom is -0.466 e. The third kappa shape index (κ3) is 4.50. The van der Waals surface area contributed by atoms with Crippen molar-refractivity contribution in [3.8, 4) is 0 Å². The standard InChI is InChI=1S/C24H30O4/c1-16-8-7-9-19(12-16)14-20-18(3)24(27,23(4,5)15-21(20)25)11-10-17(2)13-22(26)28-6/h7-13,27H,14-15H2,1-6H3/t24-/m1/s1. The molecule has 1 aliphatic carbocycles. The van der Waals surface area contributed by atoms with Crippen LogP contribution in [0.3, 0.4) is 0 Å². The molecule has 0 amide bonds. The number of ether oxygens (including phenoxy) is 1. The number of aliphatic hydroxyl groups is 1. The predicted octanol–water partition coefficient (Wildman–Crippen LogP) is 4.26. The number of hydrogen-bond acceptors (Lipinski definition) is 4. The Morgan fingerprint density at radius 1 is 1.29 bits per heavy atom. The fourth-order valence-corrected chi connectivity index (χ4v) is 3.74. The van der Waals surface area contributed by atoms with E-state index in [2.05, 4.69) is 10.8 Å². The minimum absolute atomic E-state index is 0.0731. The molecule has 0 fully saturated rings. The topological polar surface area (TPSA) is 63.6 Å². The van der Waals surface area contributed by atoms with Gasteiger partial charge in [-0.2, -0.15) is 0 Å². The molecule has 0 unspecified atom stereocenters. The van der Waals surface area contributed by atoms with E-state index in [1.54, 1.807) is 19.1 Å². The molecule has 150 valence electrons. The maximum Gasteiger partial charge on any atom is 0.330 e. The van der Waals surface area contributed by atoms with E-state index in [0.717, 1.165) is 11.1 Å². The van der Waals surface area contributed by atoms with Gasteiger partial charge in [0.2, 0.25) is 0 Å². The molecule has 0 aliphatic heterocycles. The molecule has 0 heterocycles. The van der Waals surface area contributed by atoms with E-state index in [4.69, 9.17) is 0 Å². The highest BCUT2D eigenvalue weighted by Gasteiger charge is 2.49. The van der Waals surface area contributed by atoms with Gasteiger partial charge in [-0.25, -0.2) is 4.79 Å². The van der Waals surface area contributed by atoms with Crippen LogP contribution in [-0.4, -0.2) is 29.6 Å². The van der Waals surface area contributed by atoms with Gasteiger partial charge in [-0.15, -0.1) is 0 Å². The zero-order valence-electron chi connectivity index (χ0n) is 17.6. The molecule has 0 spiro atoms. The highest BCUT2D eigenvalue weighted by molar-refractivity contribution is 5.98. The average molecular weight is 383 g/mol. The summed E-state index contributed by atoms with van der Waals surface area (Å²) in [5, 5.41) is 11.6. The van der Waals surface area contributed by atoms with Crippen molar-refractivity contribution in [3.63, 3.8) is 0 Å². The second-order valence-corrected chi connectivity index (χ2v) is 8.26. The first-order valence-corrected chi connectivity index (χ1v) is 9.47. The molecule has 28 heavy (non-hydrogen) atoms. The minimum atomic E-state index is -1.29. The maximum atomic E-state index is 12.9. The Kier molecular flexibility index (Phi) is 6.45. The summed E-state index contributed by atoms with van der Waals surface area (Å²) in [6.07, 6.45) is 5.53. The van der Waals surface area contributed by atoms with Crippen LogP contribution in [-0.2, 0) is 20.7 Å². The molecule has 1 aliphatic rings. The summed E-state index contributed by atoms with van der Waals surface area (Å²) >= 11 is 0. The molecule has 1 N–H and O–H groups in total. The number of carbonyl (C=O) groups is 2. The van der Waals surface area contributed by atoms with Gasteiger partial charge >= 0.3 is 5.97 Å². The smallest absolute Gasteiger partial charge is 0.330 e. The number of methoxy groups -OCH3 is 1. The van der Waals surface area contributed by atoms with Crippen molar-refractivity contribution >= 4 is 11.8 Å². The van der Waals surface area contributed by atoms with Crippen molar-refractivity contribution < 1.29 is 19.4 Å². The Morgan fingerprint density at radius 2 is 1.96 bits per heavy atom. The monoisotopic (exact) mass is 382 g/mol. The van der Waals surface area contributed by atoms with Crippen molar-refractivity contribution in [1.29, 1.82) is 0 Å². The van der Waals surface area contributed by atoms with Gasteiger partial charge < -0.3 is 9.84 Å². The molecule has 1 aromatic rings. The van der Waals surface area contributed by atoms with Crippen LogP contribution >= 0.6 is 0 Å². The van der Waals surface area contributed by atoms with E-state index >= 15 is 0 Å². The fourth-order valence-electron chi connectivity index (χ4n) is 3.74. The highest BCUT2D eigenvalue weighted by atomic mass is 16.5. The Labute approximate surface area is 167 Å². The summed E-state index contributed by atoms with van der Waals surface area (Å²) < 4.78 is 4.64. The Bertz CT molecular complexity index is 870. The SMILES string of the molecule is COC(=O)C=C(C)C=C[C@@]1(O)C(C)=C(Cc2cccc(C)c2)C(=O)CC1(C)C. The molecule has 2 rings (SSSR count). The van der Waals surface area contributed by atoms with Gasteiger partial charge in [0.1, 0.15) is 5.60 Å². The molecule has 1 atom stereocenters. The summed E-state index contributed by atoms with van der Waals surface area (Å²) in [5.41, 5.74) is 2.23. The van der Waals surface area contributed by atoms with Gasteiger partial charge in [-0.3, -0.25) is 4.79 Å². The average Bonchev–Trinajstić information content (AvgIpc) is 2.61. The van der Waals surface area contributed by atoms with Crippen LogP contribution in [0.2, 0.25) is 0 Å². The molecule has 1 aromatic carbocycles. The van der Waals surface area contributed by atoms with Gasteiger partial charge in [0.25, 0.3) is 0 Å². The van der Waals surface area contributed by atoms with Crippen molar-refractivity contribution in [2.45, 2.75) is 53.1 Å². The lowest BCUT2D eigenvalue weighted by Gasteiger charge is -2.46. The lowest BCUT2D eigenvalue weighted by Crippen LogP contribution is -2.49. The molecular formula is C24H30O4. The van der Waals surface area contributed by atoms with Gasteiger partial charge in [0.15, 0.2) is 5.78 Å². The Hall–Kier alpha value is -2.46. The van der Waals surface area contributed by atoms with Gasteiger partial charge in [-0.05, 0) is 43.6 Å². The first kappa shape index (κ1) is 21.8. The number of hydrogen-bond donors (Lipinski definition) is 1. The highest BCUT2D eigenvalue weighted by Crippen LogP contribution is 2.47. The first-order chi connectivity index (χ1) is 13.0. The quantitative estimate of drug-likeness (QED) is 0.469. The number of Topliss-reactive ketones (excluding diaryl/α,β-unsaturated/α-hetero) is 1. The van der Waals surface area contributed by atoms with Crippen molar-refractivity contribution in [3.05, 3.63) is 70.3 Å². The number of aryl methyl sites for hydroxylation is 1. The second-order valence-electron chi connectivity index (χ2n) is 8.26. The van der Waals surface area contributed by atoms with E-state index in [-0.39, 0.29) is 12.2 Å². The van der Waals surface area contributed by atoms with E-state index < -0.39 is 17.0 Å². The molecular weight excluding hydrogens is 352 g/mol. The third-order valence-electron chi connectivity index (χ3n) is 5.59. The summed E-state index contributed by atoms with van der Waals surface area (Å²) in [5.74, 6) is -0.372. The number of allylic oxidation sites excluding steroid dienone is 3. The largest absolute Gasteiger partial charge is 0.466 e. The van der Waals surface area contributed by atoms with E-state index in [1.807, 2.05) is 45.9 Å². The van der Waals surface area contributed by atoms with Gasteiger partial charge in [-0.1, -0.05) is 49.8 Å². The number of benzene rings is 1. The Balaban J connectivity index is 2.47. The van der Waals surface area contributed by atoms with E-state index in [0.29, 0.717) is 23.1 Å². The molecule has 0 aromatic heterocycles. The van der Waals surface area contributed by atoms with Crippen LogP contribution in [0.4, 0.5) is 0 Å². The zero-order valence-corrected chi connectivity index (χ0v) is 17.6. The second kappa shape index (κ2) is 8.27. The van der Waals surface area contributed by atoms with E-state index in [9.17, 15) is 14.7 Å². The van der Waals surface area contributed by atoms with E-state index in [1.165, 1.54) is 13.2 Å². The Morgan fingerprint density at radius 3 is 2.57 bits per heavy atom. The number of rotatable bonds is 5. The van der Waals surface area contributed by atoms with Crippen LogP contribution in [0.25, 0.3) is 0 Å². The molecule has 0 bridgehead atoms.